The second-order valence-corrected chi connectivity index (χ2v) is 5.83. The molecule has 0 spiro atoms. The summed E-state index contributed by atoms with van der Waals surface area (Å²) in [6.45, 7) is 5.55. The Kier molecular flexibility index (Phi) is 7.09. The highest BCUT2D eigenvalue weighted by atomic mass is 16.5. The summed E-state index contributed by atoms with van der Waals surface area (Å²) in [5.41, 5.74) is 3.02. The van der Waals surface area contributed by atoms with Gasteiger partial charge in [0.05, 0.1) is 0 Å². The highest BCUT2D eigenvalue weighted by Gasteiger charge is 2.27. The predicted octanol–water partition coefficient (Wildman–Crippen LogP) is 2.71. The summed E-state index contributed by atoms with van der Waals surface area (Å²) in [4.78, 5) is 0. The SMILES string of the molecule is COCCCC(NN)C1CCC(C(C)C)CC1. The normalized spacial score (nSPS) is 27.4. The Labute approximate surface area is 106 Å². The van der Waals surface area contributed by atoms with Crippen LogP contribution in [0.4, 0.5) is 0 Å². The van der Waals surface area contributed by atoms with Gasteiger partial charge in [-0.15, -0.1) is 0 Å². The third-order valence-corrected chi connectivity index (χ3v) is 4.41. The van der Waals surface area contributed by atoms with Crippen molar-refractivity contribution in [1.82, 2.24) is 5.43 Å². The average molecular weight is 242 g/mol. The molecule has 0 aromatic rings. The second kappa shape index (κ2) is 8.06. The number of hydrogen-bond donors (Lipinski definition) is 2. The van der Waals surface area contributed by atoms with Crippen LogP contribution in [0.2, 0.25) is 0 Å². The summed E-state index contributed by atoms with van der Waals surface area (Å²) in [7, 11) is 1.76. The van der Waals surface area contributed by atoms with E-state index in [1.807, 2.05) is 0 Å². The molecule has 3 N–H and O–H groups in total. The van der Waals surface area contributed by atoms with Crippen LogP contribution in [0.15, 0.2) is 0 Å². The molecular formula is C14H30N2O. The first-order chi connectivity index (χ1) is 8.19. The molecule has 0 bridgehead atoms. The largest absolute Gasteiger partial charge is 0.385 e. The van der Waals surface area contributed by atoms with Gasteiger partial charge in [-0.3, -0.25) is 11.3 Å². The van der Waals surface area contributed by atoms with Crippen molar-refractivity contribution in [1.29, 1.82) is 0 Å². The van der Waals surface area contributed by atoms with Crippen LogP contribution >= 0.6 is 0 Å². The number of ether oxygens (including phenoxy) is 1. The van der Waals surface area contributed by atoms with Gasteiger partial charge in [-0.1, -0.05) is 13.8 Å². The lowest BCUT2D eigenvalue weighted by molar-refractivity contribution is 0.161. The van der Waals surface area contributed by atoms with Crippen molar-refractivity contribution in [2.24, 2.45) is 23.6 Å². The van der Waals surface area contributed by atoms with E-state index in [0.29, 0.717) is 6.04 Å². The smallest absolute Gasteiger partial charge is 0.0462 e. The summed E-state index contributed by atoms with van der Waals surface area (Å²) in [5, 5.41) is 0. The molecule has 1 unspecified atom stereocenters. The summed E-state index contributed by atoms with van der Waals surface area (Å²) in [5.74, 6) is 8.24. The number of hydrazine groups is 1. The van der Waals surface area contributed by atoms with Gasteiger partial charge in [0.25, 0.3) is 0 Å². The molecule has 3 heteroatoms. The zero-order valence-electron chi connectivity index (χ0n) is 11.7. The standard InChI is InChI=1S/C14H30N2O/c1-11(2)12-6-8-13(9-7-12)14(16-15)5-4-10-17-3/h11-14,16H,4-10,15H2,1-3H3. The Morgan fingerprint density at radius 3 is 2.24 bits per heavy atom. The minimum absolute atomic E-state index is 0.485. The van der Waals surface area contributed by atoms with Gasteiger partial charge in [0, 0.05) is 19.8 Å². The minimum Gasteiger partial charge on any atom is -0.385 e. The van der Waals surface area contributed by atoms with E-state index in [-0.39, 0.29) is 0 Å². The quantitative estimate of drug-likeness (QED) is 0.410. The first-order valence-corrected chi connectivity index (χ1v) is 7.14. The molecule has 0 aromatic heterocycles. The zero-order chi connectivity index (χ0) is 12.7. The third-order valence-electron chi connectivity index (χ3n) is 4.41. The Morgan fingerprint density at radius 2 is 1.76 bits per heavy atom. The fraction of sp³-hybridized carbons (Fsp3) is 1.00. The van der Waals surface area contributed by atoms with Crippen LogP contribution in [0.5, 0.6) is 0 Å². The Hall–Kier alpha value is -0.120. The second-order valence-electron chi connectivity index (χ2n) is 5.83. The summed E-state index contributed by atoms with van der Waals surface area (Å²) >= 11 is 0. The number of methoxy groups -OCH3 is 1. The van der Waals surface area contributed by atoms with Gasteiger partial charge in [-0.05, 0) is 56.3 Å². The van der Waals surface area contributed by atoms with Crippen molar-refractivity contribution < 1.29 is 4.74 Å². The topological polar surface area (TPSA) is 47.3 Å². The number of hydrogen-bond acceptors (Lipinski definition) is 3. The predicted molar refractivity (Wildman–Crippen MR) is 72.5 cm³/mol. The monoisotopic (exact) mass is 242 g/mol. The number of rotatable bonds is 7. The third kappa shape index (κ3) is 4.94. The Bertz CT molecular complexity index is 189. The van der Waals surface area contributed by atoms with Gasteiger partial charge in [0.15, 0.2) is 0 Å². The molecule has 0 heterocycles. The van der Waals surface area contributed by atoms with Crippen molar-refractivity contribution in [2.45, 2.75) is 58.4 Å². The van der Waals surface area contributed by atoms with Gasteiger partial charge >= 0.3 is 0 Å². The van der Waals surface area contributed by atoms with E-state index in [1.54, 1.807) is 7.11 Å². The van der Waals surface area contributed by atoms with Crippen molar-refractivity contribution >= 4 is 0 Å². The first-order valence-electron chi connectivity index (χ1n) is 7.14. The van der Waals surface area contributed by atoms with Crippen LogP contribution in [0.1, 0.15) is 52.4 Å². The molecule has 1 rings (SSSR count). The van der Waals surface area contributed by atoms with Gasteiger partial charge in [-0.25, -0.2) is 0 Å². The van der Waals surface area contributed by atoms with E-state index < -0.39 is 0 Å². The fourth-order valence-electron chi connectivity index (χ4n) is 3.12. The molecule has 0 aliphatic heterocycles. The molecule has 17 heavy (non-hydrogen) atoms. The van der Waals surface area contributed by atoms with Crippen LogP contribution < -0.4 is 11.3 Å². The van der Waals surface area contributed by atoms with Crippen molar-refractivity contribution in [2.75, 3.05) is 13.7 Å². The Morgan fingerprint density at radius 1 is 1.18 bits per heavy atom. The van der Waals surface area contributed by atoms with Crippen LogP contribution in [-0.2, 0) is 4.74 Å². The van der Waals surface area contributed by atoms with Gasteiger partial charge in [-0.2, -0.15) is 0 Å². The molecule has 3 nitrogen and oxygen atoms in total. The lowest BCUT2D eigenvalue weighted by Crippen LogP contribution is -2.42. The van der Waals surface area contributed by atoms with Gasteiger partial charge in [0.2, 0.25) is 0 Å². The van der Waals surface area contributed by atoms with Gasteiger partial charge < -0.3 is 4.74 Å². The maximum Gasteiger partial charge on any atom is 0.0462 e. The molecule has 1 fully saturated rings. The molecule has 1 aliphatic rings. The number of nitrogens with one attached hydrogen (secondary N) is 1. The van der Waals surface area contributed by atoms with Crippen LogP contribution in [0.3, 0.4) is 0 Å². The molecule has 0 amide bonds. The maximum atomic E-state index is 5.69. The summed E-state index contributed by atoms with van der Waals surface area (Å²) in [6.07, 6.45) is 7.68. The lowest BCUT2D eigenvalue weighted by Gasteiger charge is -2.35. The number of nitrogens with two attached hydrogens (primary N) is 1. The lowest BCUT2D eigenvalue weighted by atomic mass is 9.74. The van der Waals surface area contributed by atoms with E-state index in [9.17, 15) is 0 Å². The minimum atomic E-state index is 0.485. The molecule has 1 saturated carbocycles. The Balaban J connectivity index is 2.29. The van der Waals surface area contributed by atoms with E-state index in [4.69, 9.17) is 10.6 Å². The summed E-state index contributed by atoms with van der Waals surface area (Å²) < 4.78 is 5.10. The van der Waals surface area contributed by atoms with E-state index in [0.717, 1.165) is 37.2 Å². The maximum absolute atomic E-state index is 5.69. The van der Waals surface area contributed by atoms with Crippen molar-refractivity contribution in [3.05, 3.63) is 0 Å². The van der Waals surface area contributed by atoms with E-state index in [1.165, 1.54) is 25.7 Å². The van der Waals surface area contributed by atoms with E-state index >= 15 is 0 Å². The average Bonchev–Trinajstić information content (AvgIpc) is 2.35. The van der Waals surface area contributed by atoms with Gasteiger partial charge in [0.1, 0.15) is 0 Å². The highest BCUT2D eigenvalue weighted by molar-refractivity contribution is 4.81. The fourth-order valence-corrected chi connectivity index (χ4v) is 3.12. The summed E-state index contributed by atoms with van der Waals surface area (Å²) in [6, 6.07) is 0.485. The molecular weight excluding hydrogens is 212 g/mol. The van der Waals surface area contributed by atoms with Crippen molar-refractivity contribution in [3.63, 3.8) is 0 Å². The van der Waals surface area contributed by atoms with Crippen LogP contribution in [0.25, 0.3) is 0 Å². The molecule has 0 aromatic carbocycles. The van der Waals surface area contributed by atoms with E-state index in [2.05, 4.69) is 19.3 Å². The highest BCUT2D eigenvalue weighted by Crippen LogP contribution is 2.35. The zero-order valence-corrected chi connectivity index (χ0v) is 11.7. The molecule has 0 saturated heterocycles. The van der Waals surface area contributed by atoms with Crippen LogP contribution in [-0.4, -0.2) is 19.8 Å². The van der Waals surface area contributed by atoms with Crippen molar-refractivity contribution in [3.8, 4) is 0 Å². The molecule has 102 valence electrons. The molecule has 0 radical (unpaired) electrons. The molecule has 1 atom stereocenters. The molecule has 1 aliphatic carbocycles. The van der Waals surface area contributed by atoms with Crippen LogP contribution in [0, 0.1) is 17.8 Å². The first kappa shape index (κ1) is 14.9.